The lowest BCUT2D eigenvalue weighted by atomic mass is 10.1. The van der Waals surface area contributed by atoms with E-state index >= 15 is 0 Å². The van der Waals surface area contributed by atoms with Crippen LogP contribution < -0.4 is 10.1 Å². The van der Waals surface area contributed by atoms with Gasteiger partial charge in [0.2, 0.25) is 5.91 Å². The molecule has 0 spiro atoms. The molecule has 4 heteroatoms. The minimum atomic E-state index is 0.0411. The third kappa shape index (κ3) is 3.28. The standard InChI is InChI=1S/C18H17NO2S/c1-21-15-8-6-13(7-9-15)11-19-18(20)10-14-12-22-17-5-3-2-4-16(14)17/h2-9,12H,10-11H2,1H3,(H,19,20). The topological polar surface area (TPSA) is 38.3 Å². The molecule has 0 saturated heterocycles. The van der Waals surface area contributed by atoms with Crippen molar-refractivity contribution in [2.75, 3.05) is 7.11 Å². The van der Waals surface area contributed by atoms with Crippen molar-refractivity contribution < 1.29 is 9.53 Å². The maximum absolute atomic E-state index is 12.1. The maximum atomic E-state index is 12.1. The molecule has 0 bridgehead atoms. The second-order valence-electron chi connectivity index (χ2n) is 5.06. The fraction of sp³-hybridized carbons (Fsp3) is 0.167. The molecule has 3 rings (SSSR count). The number of carbonyl (C=O) groups is 1. The Morgan fingerprint density at radius 3 is 2.68 bits per heavy atom. The molecule has 1 aromatic heterocycles. The summed E-state index contributed by atoms with van der Waals surface area (Å²) >= 11 is 1.68. The lowest BCUT2D eigenvalue weighted by Crippen LogP contribution is -2.24. The Kier molecular flexibility index (Phi) is 4.39. The summed E-state index contributed by atoms with van der Waals surface area (Å²) in [7, 11) is 1.64. The van der Waals surface area contributed by atoms with E-state index in [2.05, 4.69) is 22.8 Å². The number of rotatable bonds is 5. The molecule has 1 heterocycles. The molecule has 2 aromatic carbocycles. The van der Waals surface area contributed by atoms with Crippen LogP contribution in [0.1, 0.15) is 11.1 Å². The Labute approximate surface area is 133 Å². The van der Waals surface area contributed by atoms with Crippen LogP contribution in [-0.4, -0.2) is 13.0 Å². The van der Waals surface area contributed by atoms with Crippen LogP contribution in [0, 0.1) is 0 Å². The van der Waals surface area contributed by atoms with Gasteiger partial charge in [0.05, 0.1) is 13.5 Å². The highest BCUT2D eigenvalue weighted by atomic mass is 32.1. The van der Waals surface area contributed by atoms with Gasteiger partial charge in [-0.15, -0.1) is 11.3 Å². The predicted molar refractivity (Wildman–Crippen MR) is 90.4 cm³/mol. The Bertz CT molecular complexity index is 777. The molecular weight excluding hydrogens is 294 g/mol. The molecule has 112 valence electrons. The molecule has 0 radical (unpaired) electrons. The van der Waals surface area contributed by atoms with Crippen molar-refractivity contribution in [3.05, 3.63) is 65.0 Å². The van der Waals surface area contributed by atoms with Crippen LogP contribution in [0.4, 0.5) is 0 Å². The first-order chi connectivity index (χ1) is 10.8. The van der Waals surface area contributed by atoms with Crippen molar-refractivity contribution >= 4 is 27.3 Å². The first-order valence-electron chi connectivity index (χ1n) is 7.11. The monoisotopic (exact) mass is 311 g/mol. The van der Waals surface area contributed by atoms with E-state index in [1.54, 1.807) is 18.4 Å². The fourth-order valence-electron chi connectivity index (χ4n) is 2.35. The van der Waals surface area contributed by atoms with E-state index in [1.807, 2.05) is 36.4 Å². The molecule has 3 aromatic rings. The molecule has 0 aliphatic carbocycles. The number of nitrogens with one attached hydrogen (secondary N) is 1. The number of carbonyl (C=O) groups excluding carboxylic acids is 1. The molecule has 0 aliphatic rings. The molecule has 0 aliphatic heterocycles. The molecule has 1 amide bonds. The molecule has 0 atom stereocenters. The highest BCUT2D eigenvalue weighted by Gasteiger charge is 2.08. The Morgan fingerprint density at radius 2 is 1.91 bits per heavy atom. The summed E-state index contributed by atoms with van der Waals surface area (Å²) in [6, 6.07) is 15.9. The molecule has 0 fully saturated rings. The second kappa shape index (κ2) is 6.62. The van der Waals surface area contributed by atoms with Gasteiger partial charge in [-0.05, 0) is 40.1 Å². The van der Waals surface area contributed by atoms with Gasteiger partial charge in [-0.25, -0.2) is 0 Å². The van der Waals surface area contributed by atoms with Gasteiger partial charge in [0.1, 0.15) is 5.75 Å². The van der Waals surface area contributed by atoms with Gasteiger partial charge in [0, 0.05) is 11.2 Å². The van der Waals surface area contributed by atoms with Crippen molar-refractivity contribution in [3.8, 4) is 5.75 Å². The van der Waals surface area contributed by atoms with E-state index in [-0.39, 0.29) is 5.91 Å². The van der Waals surface area contributed by atoms with Crippen LogP contribution in [0.15, 0.2) is 53.9 Å². The smallest absolute Gasteiger partial charge is 0.224 e. The summed E-state index contributed by atoms with van der Waals surface area (Å²) in [5.74, 6) is 0.860. The van der Waals surface area contributed by atoms with Crippen molar-refractivity contribution in [1.29, 1.82) is 0 Å². The van der Waals surface area contributed by atoms with E-state index in [0.717, 1.165) is 16.9 Å². The molecule has 22 heavy (non-hydrogen) atoms. The third-order valence-electron chi connectivity index (χ3n) is 3.56. The first-order valence-corrected chi connectivity index (χ1v) is 7.99. The fourth-order valence-corrected chi connectivity index (χ4v) is 3.31. The summed E-state index contributed by atoms with van der Waals surface area (Å²) in [5, 5.41) is 6.20. The van der Waals surface area contributed by atoms with Crippen LogP contribution in [-0.2, 0) is 17.8 Å². The minimum absolute atomic E-state index is 0.0411. The van der Waals surface area contributed by atoms with Gasteiger partial charge in [0.15, 0.2) is 0 Å². The minimum Gasteiger partial charge on any atom is -0.497 e. The second-order valence-corrected chi connectivity index (χ2v) is 5.97. The number of amides is 1. The Balaban J connectivity index is 1.60. The Hall–Kier alpha value is -2.33. The van der Waals surface area contributed by atoms with Gasteiger partial charge in [-0.1, -0.05) is 30.3 Å². The van der Waals surface area contributed by atoms with Gasteiger partial charge in [-0.2, -0.15) is 0 Å². The van der Waals surface area contributed by atoms with Crippen LogP contribution in [0.5, 0.6) is 5.75 Å². The first kappa shape index (κ1) is 14.6. The highest BCUT2D eigenvalue weighted by molar-refractivity contribution is 7.17. The number of methoxy groups -OCH3 is 1. The number of benzene rings is 2. The van der Waals surface area contributed by atoms with Crippen molar-refractivity contribution in [3.63, 3.8) is 0 Å². The zero-order valence-corrected chi connectivity index (χ0v) is 13.2. The average Bonchev–Trinajstić information content (AvgIpc) is 2.97. The van der Waals surface area contributed by atoms with E-state index < -0.39 is 0 Å². The SMILES string of the molecule is COc1ccc(CNC(=O)Cc2csc3ccccc23)cc1. The summed E-state index contributed by atoms with van der Waals surface area (Å²) in [6.07, 6.45) is 0.417. The largest absolute Gasteiger partial charge is 0.497 e. The van der Waals surface area contributed by atoms with Gasteiger partial charge < -0.3 is 10.1 Å². The lowest BCUT2D eigenvalue weighted by molar-refractivity contribution is -0.120. The number of hydrogen-bond acceptors (Lipinski definition) is 3. The highest BCUT2D eigenvalue weighted by Crippen LogP contribution is 2.25. The molecule has 0 saturated carbocycles. The normalized spacial score (nSPS) is 10.6. The lowest BCUT2D eigenvalue weighted by Gasteiger charge is -2.06. The van der Waals surface area contributed by atoms with E-state index in [1.165, 1.54) is 10.1 Å². The molecular formula is C18H17NO2S. The van der Waals surface area contributed by atoms with Crippen LogP contribution in [0.2, 0.25) is 0 Å². The number of thiophene rings is 1. The quantitative estimate of drug-likeness (QED) is 0.779. The summed E-state index contributed by atoms with van der Waals surface area (Å²) in [5.41, 5.74) is 2.15. The van der Waals surface area contributed by atoms with Gasteiger partial charge >= 0.3 is 0 Å². The van der Waals surface area contributed by atoms with Gasteiger partial charge in [0.25, 0.3) is 0 Å². The summed E-state index contributed by atoms with van der Waals surface area (Å²) in [4.78, 5) is 12.1. The van der Waals surface area contributed by atoms with Crippen molar-refractivity contribution in [2.45, 2.75) is 13.0 Å². The van der Waals surface area contributed by atoms with E-state index in [0.29, 0.717) is 13.0 Å². The summed E-state index contributed by atoms with van der Waals surface area (Å²) < 4.78 is 6.34. The van der Waals surface area contributed by atoms with Crippen LogP contribution in [0.25, 0.3) is 10.1 Å². The molecule has 3 nitrogen and oxygen atoms in total. The number of hydrogen-bond donors (Lipinski definition) is 1. The van der Waals surface area contributed by atoms with E-state index in [4.69, 9.17) is 4.74 Å². The zero-order chi connectivity index (χ0) is 15.4. The maximum Gasteiger partial charge on any atom is 0.224 e. The van der Waals surface area contributed by atoms with Crippen molar-refractivity contribution in [1.82, 2.24) is 5.32 Å². The zero-order valence-electron chi connectivity index (χ0n) is 12.3. The van der Waals surface area contributed by atoms with Crippen molar-refractivity contribution in [2.24, 2.45) is 0 Å². The summed E-state index contributed by atoms with van der Waals surface area (Å²) in [6.45, 7) is 0.533. The van der Waals surface area contributed by atoms with E-state index in [9.17, 15) is 4.79 Å². The van der Waals surface area contributed by atoms with Crippen LogP contribution >= 0.6 is 11.3 Å². The van der Waals surface area contributed by atoms with Gasteiger partial charge in [-0.3, -0.25) is 4.79 Å². The molecule has 0 unspecified atom stereocenters. The number of ether oxygens (including phenoxy) is 1. The Morgan fingerprint density at radius 1 is 1.14 bits per heavy atom. The third-order valence-corrected chi connectivity index (χ3v) is 4.57. The number of fused-ring (bicyclic) bond motifs is 1. The molecule has 1 N–H and O–H groups in total. The average molecular weight is 311 g/mol. The van der Waals surface area contributed by atoms with Crippen LogP contribution in [0.3, 0.4) is 0 Å². The predicted octanol–water partition coefficient (Wildman–Crippen LogP) is 3.77.